The van der Waals surface area contributed by atoms with E-state index in [4.69, 9.17) is 0 Å². The molecule has 0 bridgehead atoms. The van der Waals surface area contributed by atoms with E-state index in [2.05, 4.69) is 56.4 Å². The topological polar surface area (TPSA) is 85.8 Å². The summed E-state index contributed by atoms with van der Waals surface area (Å²) in [6.07, 6.45) is 1.05. The number of aliphatic imine (C=N–C) groups is 1. The van der Waals surface area contributed by atoms with E-state index in [-0.39, 0.29) is 28.9 Å². The molecule has 1 atom stereocenters. The minimum Gasteiger partial charge on any atom is -0.369 e. The molecule has 2 aromatic rings. The lowest BCUT2D eigenvalue weighted by molar-refractivity contribution is 0.588. The maximum absolute atomic E-state index is 11.8. The number of anilines is 1. The van der Waals surface area contributed by atoms with Gasteiger partial charge in [0.25, 0.3) is 0 Å². The quantitative estimate of drug-likeness (QED) is 0.277. The van der Waals surface area contributed by atoms with Crippen molar-refractivity contribution >= 4 is 45.6 Å². The second kappa shape index (κ2) is 11.7. The van der Waals surface area contributed by atoms with E-state index in [1.54, 1.807) is 24.3 Å². The van der Waals surface area contributed by atoms with E-state index in [0.717, 1.165) is 37.6 Å². The molecule has 1 aliphatic heterocycles. The monoisotopic (exact) mass is 557 g/mol. The number of halogens is 1. The molecule has 31 heavy (non-hydrogen) atoms. The predicted molar refractivity (Wildman–Crippen MR) is 138 cm³/mol. The first-order valence-corrected chi connectivity index (χ1v) is 11.8. The standard InChI is InChI=1S/C22H31N5O2S.HI/c1-4-24-22(25-15-18-7-11-21(12-8-18)30(28,29)23-3)26-19-13-14-27(16-19)20-9-5-17(2)6-10-20;/h5-12,19,23H,4,13-16H2,1-3H3,(H2,24,25,26);1H. The maximum Gasteiger partial charge on any atom is 0.240 e. The minimum atomic E-state index is -3.42. The van der Waals surface area contributed by atoms with Crippen molar-refractivity contribution in [2.45, 2.75) is 37.8 Å². The molecular weight excluding hydrogens is 525 g/mol. The van der Waals surface area contributed by atoms with Gasteiger partial charge in [-0.2, -0.15) is 0 Å². The summed E-state index contributed by atoms with van der Waals surface area (Å²) in [6.45, 7) is 7.35. The van der Waals surface area contributed by atoms with Gasteiger partial charge >= 0.3 is 0 Å². The summed E-state index contributed by atoms with van der Waals surface area (Å²) in [5.41, 5.74) is 3.48. The number of aryl methyl sites for hydroxylation is 1. The zero-order chi connectivity index (χ0) is 21.6. The summed E-state index contributed by atoms with van der Waals surface area (Å²) >= 11 is 0. The lowest BCUT2D eigenvalue weighted by Crippen LogP contribution is -2.44. The van der Waals surface area contributed by atoms with Crippen LogP contribution in [0.4, 0.5) is 5.69 Å². The fraction of sp³-hybridized carbons (Fsp3) is 0.409. The average Bonchev–Trinajstić information content (AvgIpc) is 3.21. The molecule has 1 heterocycles. The molecule has 0 amide bonds. The van der Waals surface area contributed by atoms with Gasteiger partial charge < -0.3 is 15.5 Å². The zero-order valence-electron chi connectivity index (χ0n) is 18.3. The van der Waals surface area contributed by atoms with Crippen LogP contribution in [-0.4, -0.2) is 47.1 Å². The Hall–Kier alpha value is -1.85. The van der Waals surface area contributed by atoms with Gasteiger partial charge in [-0.15, -0.1) is 24.0 Å². The molecule has 0 aromatic heterocycles. The van der Waals surface area contributed by atoms with Gasteiger partial charge in [-0.3, -0.25) is 0 Å². The van der Waals surface area contributed by atoms with E-state index < -0.39 is 10.0 Å². The molecule has 0 radical (unpaired) electrons. The van der Waals surface area contributed by atoms with Crippen molar-refractivity contribution in [3.05, 3.63) is 59.7 Å². The molecule has 2 aromatic carbocycles. The number of benzene rings is 2. The van der Waals surface area contributed by atoms with Crippen LogP contribution in [-0.2, 0) is 16.6 Å². The molecule has 1 unspecified atom stereocenters. The molecule has 1 aliphatic rings. The molecule has 0 spiro atoms. The molecule has 1 fully saturated rings. The van der Waals surface area contributed by atoms with Gasteiger partial charge in [0.05, 0.1) is 11.4 Å². The number of nitrogens with zero attached hydrogens (tertiary/aromatic N) is 2. The highest BCUT2D eigenvalue weighted by Gasteiger charge is 2.23. The first-order valence-electron chi connectivity index (χ1n) is 10.3. The van der Waals surface area contributed by atoms with Gasteiger partial charge in [-0.25, -0.2) is 18.1 Å². The Labute approximate surface area is 202 Å². The van der Waals surface area contributed by atoms with Gasteiger partial charge in [0, 0.05) is 31.4 Å². The summed E-state index contributed by atoms with van der Waals surface area (Å²) in [7, 11) is -2.01. The summed E-state index contributed by atoms with van der Waals surface area (Å²) < 4.78 is 26.0. The van der Waals surface area contributed by atoms with Crippen molar-refractivity contribution in [3.63, 3.8) is 0 Å². The van der Waals surface area contributed by atoms with Crippen LogP contribution in [0.3, 0.4) is 0 Å². The van der Waals surface area contributed by atoms with Crippen LogP contribution in [0.15, 0.2) is 58.4 Å². The van der Waals surface area contributed by atoms with Crippen molar-refractivity contribution in [2.75, 3.05) is 31.6 Å². The molecule has 3 rings (SSSR count). The number of nitrogens with one attached hydrogen (secondary N) is 3. The van der Waals surface area contributed by atoms with Crippen LogP contribution in [0.2, 0.25) is 0 Å². The molecule has 7 nitrogen and oxygen atoms in total. The normalized spacial score (nSPS) is 16.7. The Morgan fingerprint density at radius 2 is 1.81 bits per heavy atom. The minimum absolute atomic E-state index is 0. The molecule has 0 aliphatic carbocycles. The lowest BCUT2D eigenvalue weighted by Gasteiger charge is -2.20. The Morgan fingerprint density at radius 3 is 2.42 bits per heavy atom. The summed E-state index contributed by atoms with van der Waals surface area (Å²) in [4.78, 5) is 7.32. The summed E-state index contributed by atoms with van der Waals surface area (Å²) in [5.74, 6) is 0.778. The number of hydrogen-bond acceptors (Lipinski definition) is 4. The second-order valence-electron chi connectivity index (χ2n) is 7.46. The highest BCUT2D eigenvalue weighted by atomic mass is 127. The second-order valence-corrected chi connectivity index (χ2v) is 9.34. The van der Waals surface area contributed by atoms with Crippen LogP contribution >= 0.6 is 24.0 Å². The Balaban J connectivity index is 0.00000341. The van der Waals surface area contributed by atoms with Gasteiger partial charge in [-0.1, -0.05) is 29.8 Å². The number of sulfonamides is 1. The number of guanidine groups is 1. The van der Waals surface area contributed by atoms with Gasteiger partial charge in [0.15, 0.2) is 5.96 Å². The van der Waals surface area contributed by atoms with Crippen LogP contribution in [0.1, 0.15) is 24.5 Å². The zero-order valence-corrected chi connectivity index (χ0v) is 21.4. The van der Waals surface area contributed by atoms with Gasteiger partial charge in [0.2, 0.25) is 10.0 Å². The van der Waals surface area contributed by atoms with E-state index in [1.165, 1.54) is 18.3 Å². The Kier molecular flexibility index (Phi) is 9.57. The molecular formula is C22H32IN5O2S. The predicted octanol–water partition coefficient (Wildman–Crippen LogP) is 2.86. The fourth-order valence-corrected chi connectivity index (χ4v) is 4.17. The van der Waals surface area contributed by atoms with Crippen molar-refractivity contribution in [3.8, 4) is 0 Å². The van der Waals surface area contributed by atoms with Gasteiger partial charge in [0.1, 0.15) is 0 Å². The SMILES string of the molecule is CCNC(=NCc1ccc(S(=O)(=O)NC)cc1)NC1CCN(c2ccc(C)cc2)C1.I. The first kappa shape index (κ1) is 25.4. The third-order valence-corrected chi connectivity index (χ3v) is 6.62. The van der Waals surface area contributed by atoms with Crippen molar-refractivity contribution in [2.24, 2.45) is 4.99 Å². The van der Waals surface area contributed by atoms with Crippen LogP contribution in [0.5, 0.6) is 0 Å². The number of hydrogen-bond donors (Lipinski definition) is 3. The fourth-order valence-electron chi connectivity index (χ4n) is 3.44. The first-order chi connectivity index (χ1) is 14.4. The van der Waals surface area contributed by atoms with E-state index in [0.29, 0.717) is 12.6 Å². The highest BCUT2D eigenvalue weighted by Crippen LogP contribution is 2.20. The average molecular weight is 558 g/mol. The van der Waals surface area contributed by atoms with Crippen molar-refractivity contribution in [1.29, 1.82) is 0 Å². The summed E-state index contributed by atoms with van der Waals surface area (Å²) in [6, 6.07) is 15.8. The number of rotatable bonds is 7. The lowest BCUT2D eigenvalue weighted by atomic mass is 10.2. The molecule has 3 N–H and O–H groups in total. The highest BCUT2D eigenvalue weighted by molar-refractivity contribution is 14.0. The van der Waals surface area contributed by atoms with E-state index in [1.807, 2.05) is 6.92 Å². The van der Waals surface area contributed by atoms with Crippen LogP contribution < -0.4 is 20.3 Å². The van der Waals surface area contributed by atoms with Crippen LogP contribution in [0, 0.1) is 6.92 Å². The Morgan fingerprint density at radius 1 is 1.13 bits per heavy atom. The molecule has 9 heteroatoms. The van der Waals surface area contributed by atoms with E-state index in [9.17, 15) is 8.42 Å². The molecule has 0 saturated carbocycles. The van der Waals surface area contributed by atoms with E-state index >= 15 is 0 Å². The van der Waals surface area contributed by atoms with Crippen molar-refractivity contribution in [1.82, 2.24) is 15.4 Å². The summed E-state index contributed by atoms with van der Waals surface area (Å²) in [5, 5.41) is 6.84. The largest absolute Gasteiger partial charge is 0.369 e. The molecule has 170 valence electrons. The smallest absolute Gasteiger partial charge is 0.240 e. The third-order valence-electron chi connectivity index (χ3n) is 5.19. The molecule has 1 saturated heterocycles. The Bertz CT molecular complexity index is 962. The van der Waals surface area contributed by atoms with Crippen molar-refractivity contribution < 1.29 is 8.42 Å². The van der Waals surface area contributed by atoms with Crippen LogP contribution in [0.25, 0.3) is 0 Å². The van der Waals surface area contributed by atoms with Gasteiger partial charge in [-0.05, 0) is 57.1 Å². The maximum atomic E-state index is 11.8. The third kappa shape index (κ3) is 7.08.